The Kier molecular flexibility index (Phi) is 6.55. The molecule has 2 aromatic rings. The molecule has 29 heavy (non-hydrogen) atoms. The van der Waals surface area contributed by atoms with Gasteiger partial charge >= 0.3 is 0 Å². The van der Waals surface area contributed by atoms with Crippen molar-refractivity contribution in [2.45, 2.75) is 64.6 Å². The number of hydrogen-bond donors (Lipinski definition) is 0. The maximum Gasteiger partial charge on any atom is 0.0651 e. The van der Waals surface area contributed by atoms with Crippen LogP contribution in [0.5, 0.6) is 0 Å². The second-order valence-corrected chi connectivity index (χ2v) is 9.47. The summed E-state index contributed by atoms with van der Waals surface area (Å²) in [5, 5.41) is 0. The van der Waals surface area contributed by atoms with E-state index in [2.05, 4.69) is 81.1 Å². The van der Waals surface area contributed by atoms with Gasteiger partial charge < -0.3 is 4.74 Å². The number of rotatable bonds is 7. The van der Waals surface area contributed by atoms with E-state index in [0.29, 0.717) is 30.0 Å². The zero-order valence-electron chi connectivity index (χ0n) is 18.1. The highest BCUT2D eigenvalue weighted by atomic mass is 16.5. The standard InChI is InChI=1S/C28H36O/c1-20(2)24-17-14-21(3)27-25(18-15-22-10-6-4-7-11-22)29-26(28(24)27)19-16-23-12-8-5-9-13-23/h4-13,20,24-28H,3,14-19H2,1-2H3/t24-,25-,26+,27-,28+/m1/s1. The Morgan fingerprint density at radius 3 is 1.97 bits per heavy atom. The van der Waals surface area contributed by atoms with Gasteiger partial charge in [0.25, 0.3) is 0 Å². The number of aryl methyl sites for hydroxylation is 2. The fourth-order valence-electron chi connectivity index (χ4n) is 5.86. The van der Waals surface area contributed by atoms with E-state index in [1.165, 1.54) is 29.5 Å². The highest BCUT2D eigenvalue weighted by Crippen LogP contribution is 2.52. The molecule has 5 atom stereocenters. The maximum absolute atomic E-state index is 6.84. The molecule has 0 amide bonds. The van der Waals surface area contributed by atoms with Crippen LogP contribution in [-0.4, -0.2) is 12.2 Å². The molecular weight excluding hydrogens is 352 g/mol. The van der Waals surface area contributed by atoms with E-state index < -0.39 is 0 Å². The largest absolute Gasteiger partial charge is 0.374 e. The zero-order valence-corrected chi connectivity index (χ0v) is 18.1. The van der Waals surface area contributed by atoms with Gasteiger partial charge in [-0.05, 0) is 67.4 Å². The highest BCUT2D eigenvalue weighted by Gasteiger charge is 2.50. The SMILES string of the molecule is C=C1CC[C@H](C(C)C)[C@@H]2[C@H]1[C@@H](CCc1ccccc1)O[C@H]2CCc1ccccc1. The summed E-state index contributed by atoms with van der Waals surface area (Å²) in [4.78, 5) is 0. The summed E-state index contributed by atoms with van der Waals surface area (Å²) < 4.78 is 6.84. The van der Waals surface area contributed by atoms with Crippen molar-refractivity contribution in [3.05, 3.63) is 83.9 Å². The van der Waals surface area contributed by atoms with Crippen molar-refractivity contribution in [2.24, 2.45) is 23.7 Å². The average molecular weight is 389 g/mol. The first-order valence-corrected chi connectivity index (χ1v) is 11.5. The Labute approximate surface area is 177 Å². The first kappa shape index (κ1) is 20.4. The van der Waals surface area contributed by atoms with Gasteiger partial charge in [-0.2, -0.15) is 0 Å². The van der Waals surface area contributed by atoms with Gasteiger partial charge in [-0.15, -0.1) is 0 Å². The van der Waals surface area contributed by atoms with Crippen LogP contribution in [0.2, 0.25) is 0 Å². The zero-order chi connectivity index (χ0) is 20.2. The van der Waals surface area contributed by atoms with E-state index in [1.54, 1.807) is 0 Å². The van der Waals surface area contributed by atoms with Gasteiger partial charge in [-0.25, -0.2) is 0 Å². The van der Waals surface area contributed by atoms with E-state index in [1.807, 2.05) is 0 Å². The summed E-state index contributed by atoms with van der Waals surface area (Å²) in [6, 6.07) is 21.8. The Balaban J connectivity index is 1.51. The van der Waals surface area contributed by atoms with E-state index in [0.717, 1.165) is 31.6 Å². The topological polar surface area (TPSA) is 9.23 Å². The quantitative estimate of drug-likeness (QED) is 0.470. The lowest BCUT2D eigenvalue weighted by Crippen LogP contribution is -2.37. The summed E-state index contributed by atoms with van der Waals surface area (Å²) in [5.74, 6) is 2.65. The van der Waals surface area contributed by atoms with Crippen molar-refractivity contribution in [1.82, 2.24) is 0 Å². The Morgan fingerprint density at radius 1 is 0.862 bits per heavy atom. The summed E-state index contributed by atoms with van der Waals surface area (Å²) >= 11 is 0. The Morgan fingerprint density at radius 2 is 1.41 bits per heavy atom. The van der Waals surface area contributed by atoms with Crippen LogP contribution in [0.15, 0.2) is 72.8 Å². The minimum absolute atomic E-state index is 0.329. The Bertz CT molecular complexity index is 778. The van der Waals surface area contributed by atoms with Crippen LogP contribution in [-0.2, 0) is 17.6 Å². The predicted molar refractivity (Wildman–Crippen MR) is 122 cm³/mol. The van der Waals surface area contributed by atoms with Crippen LogP contribution >= 0.6 is 0 Å². The second-order valence-electron chi connectivity index (χ2n) is 9.47. The van der Waals surface area contributed by atoms with Crippen molar-refractivity contribution in [1.29, 1.82) is 0 Å². The van der Waals surface area contributed by atoms with Crippen molar-refractivity contribution >= 4 is 0 Å². The molecule has 4 rings (SSSR count). The summed E-state index contributed by atoms with van der Waals surface area (Å²) in [7, 11) is 0. The molecule has 1 aliphatic carbocycles. The molecule has 1 heteroatoms. The molecule has 0 unspecified atom stereocenters. The van der Waals surface area contributed by atoms with Crippen molar-refractivity contribution in [3.8, 4) is 0 Å². The fourth-order valence-corrected chi connectivity index (χ4v) is 5.86. The van der Waals surface area contributed by atoms with Gasteiger partial charge in [0.05, 0.1) is 12.2 Å². The van der Waals surface area contributed by atoms with Crippen molar-refractivity contribution in [2.75, 3.05) is 0 Å². The van der Waals surface area contributed by atoms with Gasteiger partial charge in [0, 0.05) is 5.92 Å². The van der Waals surface area contributed by atoms with Crippen LogP contribution in [0.25, 0.3) is 0 Å². The molecule has 0 N–H and O–H groups in total. The van der Waals surface area contributed by atoms with Crippen LogP contribution in [0.3, 0.4) is 0 Å². The Hall–Kier alpha value is -1.86. The maximum atomic E-state index is 6.84. The molecule has 2 fully saturated rings. The molecule has 154 valence electrons. The number of ether oxygens (including phenoxy) is 1. The van der Waals surface area contributed by atoms with Crippen molar-refractivity contribution < 1.29 is 4.74 Å². The molecule has 1 saturated heterocycles. The molecule has 1 heterocycles. The molecule has 2 aliphatic rings. The molecule has 0 radical (unpaired) electrons. The number of benzene rings is 2. The van der Waals surface area contributed by atoms with Crippen molar-refractivity contribution in [3.63, 3.8) is 0 Å². The predicted octanol–water partition coefficient (Wildman–Crippen LogP) is 6.87. The fraction of sp³-hybridized carbons (Fsp3) is 0.500. The summed E-state index contributed by atoms with van der Waals surface area (Å²) in [5.41, 5.74) is 4.30. The summed E-state index contributed by atoms with van der Waals surface area (Å²) in [6.45, 7) is 9.34. The first-order valence-electron chi connectivity index (χ1n) is 11.5. The van der Waals surface area contributed by atoms with Crippen LogP contribution in [0, 0.1) is 23.7 Å². The number of hydrogen-bond acceptors (Lipinski definition) is 1. The third-order valence-electron chi connectivity index (χ3n) is 7.34. The monoisotopic (exact) mass is 388 g/mol. The third kappa shape index (κ3) is 4.67. The molecular formula is C28H36O. The van der Waals surface area contributed by atoms with E-state index in [9.17, 15) is 0 Å². The molecule has 0 spiro atoms. The van der Waals surface area contributed by atoms with E-state index in [-0.39, 0.29) is 0 Å². The van der Waals surface area contributed by atoms with Crippen LogP contribution < -0.4 is 0 Å². The highest BCUT2D eigenvalue weighted by molar-refractivity contribution is 5.19. The molecule has 1 nitrogen and oxygen atoms in total. The minimum Gasteiger partial charge on any atom is -0.374 e. The molecule has 1 saturated carbocycles. The van der Waals surface area contributed by atoms with E-state index in [4.69, 9.17) is 4.74 Å². The minimum atomic E-state index is 0.329. The lowest BCUT2D eigenvalue weighted by molar-refractivity contribution is 0.0142. The first-order chi connectivity index (χ1) is 14.1. The van der Waals surface area contributed by atoms with E-state index >= 15 is 0 Å². The average Bonchev–Trinajstić information content (AvgIpc) is 3.12. The van der Waals surface area contributed by atoms with Gasteiger partial charge in [0.1, 0.15) is 0 Å². The van der Waals surface area contributed by atoms with Crippen LogP contribution in [0.4, 0.5) is 0 Å². The molecule has 2 aromatic carbocycles. The van der Waals surface area contributed by atoms with Gasteiger partial charge in [-0.1, -0.05) is 86.7 Å². The molecule has 1 aliphatic heterocycles. The third-order valence-corrected chi connectivity index (χ3v) is 7.34. The van der Waals surface area contributed by atoms with Crippen LogP contribution in [0.1, 0.15) is 50.7 Å². The number of fused-ring (bicyclic) bond motifs is 1. The normalized spacial score (nSPS) is 29.2. The lowest BCUT2D eigenvalue weighted by atomic mass is 9.63. The lowest BCUT2D eigenvalue weighted by Gasteiger charge is -2.40. The van der Waals surface area contributed by atoms with Gasteiger partial charge in [-0.3, -0.25) is 0 Å². The smallest absolute Gasteiger partial charge is 0.0651 e. The second kappa shape index (κ2) is 9.30. The van der Waals surface area contributed by atoms with Gasteiger partial charge in [0.2, 0.25) is 0 Å². The molecule has 0 bridgehead atoms. The molecule has 0 aromatic heterocycles. The summed E-state index contributed by atoms with van der Waals surface area (Å²) in [6.07, 6.45) is 7.60. The van der Waals surface area contributed by atoms with Gasteiger partial charge in [0.15, 0.2) is 0 Å².